The highest BCUT2D eigenvalue weighted by molar-refractivity contribution is 5.27. The molecule has 1 atom stereocenters. The fraction of sp³-hybridized carbons (Fsp3) is 0.600. The molecule has 0 heterocycles. The number of methoxy groups -OCH3 is 1. The van der Waals surface area contributed by atoms with Crippen LogP contribution in [-0.2, 0) is 11.2 Å². The molecule has 2 N–H and O–H groups in total. The summed E-state index contributed by atoms with van der Waals surface area (Å²) in [6, 6.07) is 8.27. The van der Waals surface area contributed by atoms with Crippen molar-refractivity contribution < 1.29 is 14.6 Å². The number of likely N-dealkylation sites (N-methyl/N-ethyl adjacent to an activating group) is 1. The first kappa shape index (κ1) is 16.0. The molecule has 1 rings (SSSR count). The van der Waals surface area contributed by atoms with Crippen molar-refractivity contribution in [3.63, 3.8) is 0 Å². The third-order valence-electron chi connectivity index (χ3n) is 2.94. The maximum atomic E-state index is 8.97. The first-order valence-corrected chi connectivity index (χ1v) is 6.85. The largest absolute Gasteiger partial charge is 0.492 e. The summed E-state index contributed by atoms with van der Waals surface area (Å²) in [5.74, 6) is 0.863. The van der Waals surface area contributed by atoms with Gasteiger partial charge in [-0.3, -0.25) is 0 Å². The molecule has 1 aromatic rings. The van der Waals surface area contributed by atoms with Crippen molar-refractivity contribution in [1.82, 2.24) is 5.32 Å². The van der Waals surface area contributed by atoms with Gasteiger partial charge in [-0.15, -0.1) is 0 Å². The predicted octanol–water partition coefficient (Wildman–Crippen LogP) is 1.61. The Balaban J connectivity index is 2.39. The van der Waals surface area contributed by atoms with Gasteiger partial charge >= 0.3 is 0 Å². The van der Waals surface area contributed by atoms with E-state index in [9.17, 15) is 0 Å². The fourth-order valence-electron chi connectivity index (χ4n) is 1.86. The van der Waals surface area contributed by atoms with Crippen LogP contribution >= 0.6 is 0 Å². The molecule has 0 aromatic heterocycles. The molecule has 0 aliphatic rings. The highest BCUT2D eigenvalue weighted by Crippen LogP contribution is 2.13. The SMILES string of the molecule is CCNC(CCO)COc1ccc(CCOC)cc1. The number of hydrogen-bond acceptors (Lipinski definition) is 4. The van der Waals surface area contributed by atoms with Gasteiger partial charge in [-0.25, -0.2) is 0 Å². The number of rotatable bonds is 10. The summed E-state index contributed by atoms with van der Waals surface area (Å²) in [5, 5.41) is 12.3. The monoisotopic (exact) mass is 267 g/mol. The first-order valence-electron chi connectivity index (χ1n) is 6.85. The Morgan fingerprint density at radius 3 is 2.58 bits per heavy atom. The summed E-state index contributed by atoms with van der Waals surface area (Å²) in [5.41, 5.74) is 1.24. The third-order valence-corrected chi connectivity index (χ3v) is 2.94. The minimum Gasteiger partial charge on any atom is -0.492 e. The van der Waals surface area contributed by atoms with Gasteiger partial charge in [0, 0.05) is 19.8 Å². The molecular weight excluding hydrogens is 242 g/mol. The number of aliphatic hydroxyl groups excluding tert-OH is 1. The standard InChI is InChI=1S/C15H25NO3/c1-3-16-14(8-10-17)12-19-15-6-4-13(5-7-15)9-11-18-2/h4-7,14,16-17H,3,8-12H2,1-2H3. The first-order chi connectivity index (χ1) is 9.30. The summed E-state index contributed by atoms with van der Waals surface area (Å²) in [7, 11) is 1.71. The van der Waals surface area contributed by atoms with Crippen LogP contribution in [0.4, 0.5) is 0 Å². The van der Waals surface area contributed by atoms with Gasteiger partial charge in [0.1, 0.15) is 12.4 Å². The van der Waals surface area contributed by atoms with E-state index in [0.29, 0.717) is 13.0 Å². The molecule has 0 amide bonds. The summed E-state index contributed by atoms with van der Waals surface area (Å²) >= 11 is 0. The highest BCUT2D eigenvalue weighted by atomic mass is 16.5. The van der Waals surface area contributed by atoms with Crippen molar-refractivity contribution in [3.8, 4) is 5.75 Å². The lowest BCUT2D eigenvalue weighted by molar-refractivity contribution is 0.202. The summed E-state index contributed by atoms with van der Waals surface area (Å²) in [4.78, 5) is 0. The zero-order valence-corrected chi connectivity index (χ0v) is 11.9. The number of hydrogen-bond donors (Lipinski definition) is 2. The topological polar surface area (TPSA) is 50.7 Å². The van der Waals surface area contributed by atoms with E-state index in [1.165, 1.54) is 5.56 Å². The van der Waals surface area contributed by atoms with Crippen LogP contribution in [0.25, 0.3) is 0 Å². The van der Waals surface area contributed by atoms with Crippen molar-refractivity contribution in [2.75, 3.05) is 33.5 Å². The Hall–Kier alpha value is -1.10. The van der Waals surface area contributed by atoms with Gasteiger partial charge in [0.25, 0.3) is 0 Å². The van der Waals surface area contributed by atoms with Gasteiger partial charge in [0.05, 0.1) is 6.61 Å². The number of benzene rings is 1. The quantitative estimate of drug-likeness (QED) is 0.676. The van der Waals surface area contributed by atoms with Crippen LogP contribution in [0.2, 0.25) is 0 Å². The zero-order chi connectivity index (χ0) is 13.9. The second kappa shape index (κ2) is 9.78. The highest BCUT2D eigenvalue weighted by Gasteiger charge is 2.07. The van der Waals surface area contributed by atoms with Crippen molar-refractivity contribution in [2.45, 2.75) is 25.8 Å². The van der Waals surface area contributed by atoms with Crippen molar-refractivity contribution in [2.24, 2.45) is 0 Å². The van der Waals surface area contributed by atoms with E-state index in [1.807, 2.05) is 12.1 Å². The molecule has 4 heteroatoms. The molecule has 19 heavy (non-hydrogen) atoms. The molecule has 108 valence electrons. The smallest absolute Gasteiger partial charge is 0.119 e. The maximum absolute atomic E-state index is 8.97. The molecular formula is C15H25NO3. The maximum Gasteiger partial charge on any atom is 0.119 e. The van der Waals surface area contributed by atoms with Crippen LogP contribution in [0.5, 0.6) is 5.75 Å². The fourth-order valence-corrected chi connectivity index (χ4v) is 1.86. The molecule has 1 unspecified atom stereocenters. The van der Waals surface area contributed by atoms with Crippen LogP contribution in [0.1, 0.15) is 18.9 Å². The Morgan fingerprint density at radius 1 is 1.26 bits per heavy atom. The van der Waals surface area contributed by atoms with Gasteiger partial charge in [0.15, 0.2) is 0 Å². The van der Waals surface area contributed by atoms with Crippen LogP contribution < -0.4 is 10.1 Å². The van der Waals surface area contributed by atoms with Crippen LogP contribution in [0.15, 0.2) is 24.3 Å². The van der Waals surface area contributed by atoms with Crippen LogP contribution in [-0.4, -0.2) is 44.6 Å². The second-order valence-corrected chi connectivity index (χ2v) is 4.46. The number of nitrogens with one attached hydrogen (secondary N) is 1. The number of ether oxygens (including phenoxy) is 2. The number of aliphatic hydroxyl groups is 1. The third kappa shape index (κ3) is 6.57. The minimum absolute atomic E-state index is 0.178. The van der Waals surface area contributed by atoms with Gasteiger partial charge in [-0.1, -0.05) is 19.1 Å². The van der Waals surface area contributed by atoms with Crippen LogP contribution in [0.3, 0.4) is 0 Å². The van der Waals surface area contributed by atoms with E-state index in [2.05, 4.69) is 24.4 Å². The Labute approximate surface area is 115 Å². The molecule has 0 bridgehead atoms. The molecule has 1 aromatic carbocycles. The Bertz CT molecular complexity index is 321. The van der Waals surface area contributed by atoms with E-state index in [4.69, 9.17) is 14.6 Å². The molecule has 0 aliphatic heterocycles. The Kier molecular flexibility index (Phi) is 8.21. The average Bonchev–Trinajstić information content (AvgIpc) is 2.44. The molecule has 4 nitrogen and oxygen atoms in total. The average molecular weight is 267 g/mol. The molecule has 0 radical (unpaired) electrons. The lowest BCUT2D eigenvalue weighted by Crippen LogP contribution is -2.35. The van der Waals surface area contributed by atoms with Gasteiger partial charge in [0.2, 0.25) is 0 Å². The molecule has 0 saturated carbocycles. The predicted molar refractivity (Wildman–Crippen MR) is 76.7 cm³/mol. The van der Waals surface area contributed by atoms with Gasteiger partial charge in [-0.2, -0.15) is 0 Å². The summed E-state index contributed by atoms with van der Waals surface area (Å²) in [6.45, 7) is 4.42. The van der Waals surface area contributed by atoms with E-state index in [-0.39, 0.29) is 12.6 Å². The molecule has 0 fully saturated rings. The van der Waals surface area contributed by atoms with E-state index in [0.717, 1.165) is 25.3 Å². The summed E-state index contributed by atoms with van der Waals surface area (Å²) < 4.78 is 10.8. The van der Waals surface area contributed by atoms with E-state index >= 15 is 0 Å². The van der Waals surface area contributed by atoms with Gasteiger partial charge in [-0.05, 0) is 37.1 Å². The van der Waals surface area contributed by atoms with E-state index < -0.39 is 0 Å². The van der Waals surface area contributed by atoms with Crippen molar-refractivity contribution in [3.05, 3.63) is 29.8 Å². The molecule has 0 spiro atoms. The van der Waals surface area contributed by atoms with Crippen molar-refractivity contribution >= 4 is 0 Å². The summed E-state index contributed by atoms with van der Waals surface area (Å²) in [6.07, 6.45) is 1.63. The normalized spacial score (nSPS) is 12.4. The molecule has 0 aliphatic carbocycles. The van der Waals surface area contributed by atoms with Gasteiger partial charge < -0.3 is 19.9 Å². The zero-order valence-electron chi connectivity index (χ0n) is 11.9. The lowest BCUT2D eigenvalue weighted by Gasteiger charge is -2.17. The minimum atomic E-state index is 0.178. The second-order valence-electron chi connectivity index (χ2n) is 4.46. The van der Waals surface area contributed by atoms with Crippen LogP contribution in [0, 0.1) is 0 Å². The van der Waals surface area contributed by atoms with Crippen molar-refractivity contribution in [1.29, 1.82) is 0 Å². The van der Waals surface area contributed by atoms with E-state index in [1.54, 1.807) is 7.11 Å². The lowest BCUT2D eigenvalue weighted by atomic mass is 10.1. The Morgan fingerprint density at radius 2 is 2.00 bits per heavy atom. The molecule has 0 saturated heterocycles.